The van der Waals surface area contributed by atoms with Crippen molar-refractivity contribution in [3.8, 4) is 46.0 Å². The maximum absolute atomic E-state index is 14.8. The number of hydrogen-bond acceptors (Lipinski definition) is 16. The monoisotopic (exact) mass is 1800 g/mol. The molecule has 0 spiro atoms. The fourth-order valence-electron chi connectivity index (χ4n) is 18.0. The van der Waals surface area contributed by atoms with Gasteiger partial charge in [0.1, 0.15) is 0 Å². The third-order valence-corrected chi connectivity index (χ3v) is 25.9. The molecular weight excluding hydrogens is 1630 g/mol. The summed E-state index contributed by atoms with van der Waals surface area (Å²) in [6.45, 7) is 17.6. The van der Waals surface area contributed by atoms with Crippen molar-refractivity contribution in [3.05, 3.63) is 48.5 Å². The molecule has 0 saturated carbocycles. The number of benzene rings is 6. The van der Waals surface area contributed by atoms with Crippen LogP contribution in [0.1, 0.15) is 518 Å². The molecule has 130 heavy (non-hydrogen) atoms. The molecule has 0 aliphatic heterocycles. The average molecular weight is 1800 g/mol. The Morgan fingerprint density at radius 3 is 0.338 bits per heavy atom. The Morgan fingerprint density at radius 1 is 0.138 bits per heavy atom. The third kappa shape index (κ3) is 44.5. The first-order valence-corrected chi connectivity index (χ1v) is 53.8. The molecule has 0 atom stereocenters. The lowest BCUT2D eigenvalue weighted by Crippen LogP contribution is -2.13. The van der Waals surface area contributed by atoms with Gasteiger partial charge in [-0.05, 0) is 154 Å². The summed E-state index contributed by atoms with van der Waals surface area (Å²) >= 11 is 0. The molecule has 16 nitrogen and oxygen atoms in total. The number of esters is 8. The lowest BCUT2D eigenvalue weighted by atomic mass is 9.86. The van der Waals surface area contributed by atoms with Crippen LogP contribution in [0.3, 0.4) is 0 Å². The van der Waals surface area contributed by atoms with E-state index in [-0.39, 0.29) is 97.4 Å². The Kier molecular flexibility index (Phi) is 59.9. The molecule has 0 aliphatic carbocycles. The molecule has 0 fully saturated rings. The van der Waals surface area contributed by atoms with Gasteiger partial charge in [-0.15, -0.1) is 0 Å². The van der Waals surface area contributed by atoms with E-state index >= 15 is 0 Å². The second kappa shape index (κ2) is 70.1. The van der Waals surface area contributed by atoms with Crippen LogP contribution in [0.15, 0.2) is 48.5 Å². The highest BCUT2D eigenvalue weighted by Gasteiger charge is 2.29. The highest BCUT2D eigenvalue weighted by atomic mass is 16.6. The second-order valence-corrected chi connectivity index (χ2v) is 37.7. The number of fused-ring (bicyclic) bond motifs is 11. The first-order valence-electron chi connectivity index (χ1n) is 53.8. The van der Waals surface area contributed by atoms with Crippen LogP contribution in [0.2, 0.25) is 0 Å². The van der Waals surface area contributed by atoms with E-state index in [0.29, 0.717) is 105 Å². The number of rotatable bonds is 80. The topological polar surface area (TPSA) is 210 Å². The van der Waals surface area contributed by atoms with Gasteiger partial charge in [-0.1, -0.05) is 415 Å². The summed E-state index contributed by atoms with van der Waals surface area (Å²) in [7, 11) is 0. The molecule has 0 heterocycles. The molecule has 0 unspecified atom stereocenters. The highest BCUT2D eigenvalue weighted by Crippen LogP contribution is 2.53. The first kappa shape index (κ1) is 111. The van der Waals surface area contributed by atoms with Crippen molar-refractivity contribution in [1.29, 1.82) is 0 Å². The highest BCUT2D eigenvalue weighted by molar-refractivity contribution is 6.40. The molecule has 0 bridgehead atoms. The van der Waals surface area contributed by atoms with E-state index in [1.807, 2.05) is 0 Å². The van der Waals surface area contributed by atoms with Crippen LogP contribution >= 0.6 is 0 Å². The first-order chi connectivity index (χ1) is 63.6. The largest absolute Gasteiger partial charge is 0.422 e. The molecule has 0 N–H and O–H groups in total. The van der Waals surface area contributed by atoms with Crippen LogP contribution in [-0.2, 0) is 38.4 Å². The van der Waals surface area contributed by atoms with Crippen molar-refractivity contribution in [3.63, 3.8) is 0 Å². The maximum Gasteiger partial charge on any atom is 0.311 e. The van der Waals surface area contributed by atoms with Crippen molar-refractivity contribution in [2.45, 2.75) is 518 Å². The number of carbonyl (C=O) groups is 8. The molecule has 0 aromatic heterocycles. The maximum atomic E-state index is 14.8. The normalized spacial score (nSPS) is 11.5. The molecule has 6 aromatic rings. The van der Waals surface area contributed by atoms with Gasteiger partial charge in [-0.2, -0.15) is 0 Å². The minimum Gasteiger partial charge on any atom is -0.422 e. The average Bonchev–Trinajstić information content (AvgIpc) is 0.695. The van der Waals surface area contributed by atoms with Gasteiger partial charge < -0.3 is 37.9 Å². The van der Waals surface area contributed by atoms with Gasteiger partial charge in [-0.3, -0.25) is 38.4 Å². The van der Waals surface area contributed by atoms with Crippen LogP contribution in [-0.4, -0.2) is 47.8 Å². The molecule has 728 valence electrons. The Balaban J connectivity index is 1.79. The van der Waals surface area contributed by atoms with E-state index in [1.165, 1.54) is 103 Å². The molecule has 0 radical (unpaired) electrons. The Hall–Kier alpha value is -7.62. The summed E-state index contributed by atoms with van der Waals surface area (Å²) < 4.78 is 52.7. The number of unbranched alkanes of at least 4 members (excludes halogenated alkanes) is 56. The zero-order valence-electron chi connectivity index (χ0n) is 83.1. The van der Waals surface area contributed by atoms with Crippen LogP contribution in [0, 0.1) is 0 Å². The van der Waals surface area contributed by atoms with Gasteiger partial charge in [0.25, 0.3) is 0 Å². The van der Waals surface area contributed by atoms with Crippen molar-refractivity contribution >= 4 is 102 Å². The molecule has 6 aromatic carbocycles. The minimum absolute atomic E-state index is 0.0217. The predicted octanol–water partition coefficient (Wildman–Crippen LogP) is 34.9. The number of ether oxygens (including phenoxy) is 8. The summed E-state index contributed by atoms with van der Waals surface area (Å²) in [6.07, 6.45) is 65.1. The summed E-state index contributed by atoms with van der Waals surface area (Å²) in [5.74, 6) is -4.39. The van der Waals surface area contributed by atoms with Crippen molar-refractivity contribution in [2.75, 3.05) is 0 Å². The van der Waals surface area contributed by atoms with Gasteiger partial charge in [0, 0.05) is 51.4 Å². The lowest BCUT2D eigenvalue weighted by Gasteiger charge is -2.22. The number of hydrogen-bond donors (Lipinski definition) is 0. The van der Waals surface area contributed by atoms with E-state index < -0.39 is 47.8 Å². The van der Waals surface area contributed by atoms with E-state index in [0.717, 1.165) is 257 Å². The minimum atomic E-state index is -0.526. The van der Waals surface area contributed by atoms with Crippen LogP contribution in [0.4, 0.5) is 0 Å². The van der Waals surface area contributed by atoms with Crippen LogP contribution in [0.25, 0.3) is 53.9 Å². The molecular formula is C114H176O16. The molecule has 0 saturated heterocycles. The van der Waals surface area contributed by atoms with Gasteiger partial charge in [0.15, 0.2) is 46.0 Å². The standard InChI is InChI=1S/C114H176O16/c1-9-17-25-33-41-49-57-65-73-105(115)123-97-81-89-90-82-98(124-106(116)74-66-58-50-42-34-26-18-10-2)102(128-110(120)78-70-62-54-46-38-30-22-14-6)86-94(90)114-96-88-104(130-112(122)80-72-64-56-48-40-32-24-16-8)100(126-108(118)76-68-60-52-44-36-28-20-12-4)84-92(96)91-83-99(125-107(117)75-67-59-51-43-35-27-19-11-3)103(129-111(121)79-71-63-55-47-39-31-23-15-7)87-95(91)113(114)93(89)85-101(97)127-109(119)77-69-61-53-45-37-29-21-13-5/h81-88H,9-80H2,1-8H3. The summed E-state index contributed by atoms with van der Waals surface area (Å²) in [4.78, 5) is 118. The van der Waals surface area contributed by atoms with E-state index in [9.17, 15) is 38.4 Å². The molecule has 16 heteroatoms. The zero-order chi connectivity index (χ0) is 93.2. The smallest absolute Gasteiger partial charge is 0.311 e. The quantitative estimate of drug-likeness (QED) is 0.0150. The van der Waals surface area contributed by atoms with Crippen molar-refractivity contribution in [1.82, 2.24) is 0 Å². The summed E-state index contributed by atoms with van der Waals surface area (Å²) in [6, 6.07) is 13.7. The van der Waals surface area contributed by atoms with Gasteiger partial charge >= 0.3 is 47.8 Å². The molecule has 0 amide bonds. The van der Waals surface area contributed by atoms with E-state index in [2.05, 4.69) is 55.4 Å². The lowest BCUT2D eigenvalue weighted by molar-refractivity contribution is -0.137. The van der Waals surface area contributed by atoms with Crippen LogP contribution in [0.5, 0.6) is 46.0 Å². The van der Waals surface area contributed by atoms with Crippen molar-refractivity contribution in [2.24, 2.45) is 0 Å². The fourth-order valence-corrected chi connectivity index (χ4v) is 18.0. The zero-order valence-corrected chi connectivity index (χ0v) is 83.1. The molecule has 6 rings (SSSR count). The van der Waals surface area contributed by atoms with Gasteiger partial charge in [0.05, 0.1) is 0 Å². The Morgan fingerprint density at radius 2 is 0.231 bits per heavy atom. The SMILES string of the molecule is CCCCCCCCCCC(=O)Oc1cc2c3cc(OC(=O)CCCCCCCCCC)c(OC(=O)CCCCCCCCCC)cc3c3c4cc(OC(=O)CCCCCCCCCC)c(OC(=O)CCCCCCCCCC)cc4c4cc(OC(=O)CCCCCCCCCC)c(OC(=O)CCCCCCCCCC)cc4c3c2cc1OC(=O)CCCCCCCCCC. The van der Waals surface area contributed by atoms with Crippen molar-refractivity contribution < 1.29 is 76.3 Å². The fraction of sp³-hybridized carbons (Fsp3) is 0.702. The van der Waals surface area contributed by atoms with Crippen LogP contribution < -0.4 is 37.9 Å². The predicted molar refractivity (Wildman–Crippen MR) is 537 cm³/mol. The third-order valence-electron chi connectivity index (χ3n) is 25.9. The Labute approximate surface area is 785 Å². The van der Waals surface area contributed by atoms with Gasteiger partial charge in [-0.25, -0.2) is 0 Å². The Bertz CT molecular complexity index is 3700. The summed E-state index contributed by atoms with van der Waals surface area (Å²) in [5, 5.41) is 4.44. The van der Waals surface area contributed by atoms with Gasteiger partial charge in [0.2, 0.25) is 0 Å². The van der Waals surface area contributed by atoms with E-state index in [4.69, 9.17) is 37.9 Å². The number of carbonyl (C=O) groups excluding carboxylic acids is 8. The summed E-state index contributed by atoms with van der Waals surface area (Å²) in [5.41, 5.74) is 0. The second-order valence-electron chi connectivity index (χ2n) is 37.7. The molecule has 0 aliphatic rings. The van der Waals surface area contributed by atoms with E-state index in [1.54, 1.807) is 48.5 Å².